The topological polar surface area (TPSA) is 41.3 Å². The van der Waals surface area contributed by atoms with E-state index in [4.69, 9.17) is 5.84 Å². The fourth-order valence-electron chi connectivity index (χ4n) is 2.15. The van der Waals surface area contributed by atoms with Crippen molar-refractivity contribution in [3.8, 4) is 0 Å². The Kier molecular flexibility index (Phi) is 1.44. The van der Waals surface area contributed by atoms with E-state index in [1.54, 1.807) is 0 Å². The molecule has 1 unspecified atom stereocenters. The van der Waals surface area contributed by atoms with Gasteiger partial charge in [-0.2, -0.15) is 0 Å². The van der Waals surface area contributed by atoms with E-state index < -0.39 is 0 Å². The Hall–Kier alpha value is -0.120. The van der Waals surface area contributed by atoms with Gasteiger partial charge in [0.05, 0.1) is 0 Å². The van der Waals surface area contributed by atoms with Crippen LogP contribution in [0.3, 0.4) is 0 Å². The van der Waals surface area contributed by atoms with E-state index in [9.17, 15) is 0 Å². The van der Waals surface area contributed by atoms with Crippen molar-refractivity contribution in [1.29, 1.82) is 0 Å². The number of hydrazine groups is 1. The van der Waals surface area contributed by atoms with Crippen LogP contribution >= 0.6 is 0 Å². The van der Waals surface area contributed by atoms with Crippen LogP contribution in [0.2, 0.25) is 0 Å². The molecule has 0 aromatic rings. The number of rotatable bonds is 0. The van der Waals surface area contributed by atoms with Gasteiger partial charge in [-0.3, -0.25) is 5.84 Å². The SMILES string of the molecule is NN1CCCC12CCNC2. The first-order valence-electron chi connectivity index (χ1n) is 4.07. The van der Waals surface area contributed by atoms with Crippen molar-refractivity contribution in [2.45, 2.75) is 24.8 Å². The van der Waals surface area contributed by atoms with Crippen LogP contribution in [0.4, 0.5) is 0 Å². The normalized spacial score (nSPS) is 41.7. The molecule has 0 aromatic heterocycles. The van der Waals surface area contributed by atoms with Crippen LogP contribution in [0.25, 0.3) is 0 Å². The summed E-state index contributed by atoms with van der Waals surface area (Å²) < 4.78 is 0. The molecule has 1 atom stereocenters. The molecule has 0 saturated carbocycles. The fraction of sp³-hybridized carbons (Fsp3) is 1.00. The summed E-state index contributed by atoms with van der Waals surface area (Å²) in [5.74, 6) is 5.87. The minimum atomic E-state index is 0.347. The van der Waals surface area contributed by atoms with Crippen LogP contribution in [-0.4, -0.2) is 30.2 Å². The van der Waals surface area contributed by atoms with E-state index in [0.717, 1.165) is 19.6 Å². The quantitative estimate of drug-likeness (QED) is 0.455. The first kappa shape index (κ1) is 6.58. The number of nitrogens with zero attached hydrogens (tertiary/aromatic N) is 1. The Balaban J connectivity index is 2.11. The molecule has 0 bridgehead atoms. The van der Waals surface area contributed by atoms with Crippen molar-refractivity contribution in [2.24, 2.45) is 5.84 Å². The second-order valence-corrected chi connectivity index (χ2v) is 3.45. The number of hydrogen-bond donors (Lipinski definition) is 2. The van der Waals surface area contributed by atoms with Gasteiger partial charge in [0.25, 0.3) is 0 Å². The monoisotopic (exact) mass is 141 g/mol. The molecule has 0 amide bonds. The summed E-state index contributed by atoms with van der Waals surface area (Å²) in [7, 11) is 0. The van der Waals surface area contributed by atoms with Gasteiger partial charge in [-0.15, -0.1) is 0 Å². The summed E-state index contributed by atoms with van der Waals surface area (Å²) in [5, 5.41) is 5.40. The summed E-state index contributed by atoms with van der Waals surface area (Å²) >= 11 is 0. The van der Waals surface area contributed by atoms with E-state index in [-0.39, 0.29) is 0 Å². The zero-order valence-corrected chi connectivity index (χ0v) is 6.27. The Bertz CT molecular complexity index is 123. The van der Waals surface area contributed by atoms with E-state index in [1.165, 1.54) is 19.3 Å². The molecule has 2 aliphatic rings. The molecule has 2 heterocycles. The molecule has 2 saturated heterocycles. The lowest BCUT2D eigenvalue weighted by molar-refractivity contribution is 0.159. The summed E-state index contributed by atoms with van der Waals surface area (Å²) in [6.07, 6.45) is 3.80. The predicted molar refractivity (Wildman–Crippen MR) is 40.3 cm³/mol. The minimum Gasteiger partial charge on any atom is -0.315 e. The Morgan fingerprint density at radius 3 is 2.80 bits per heavy atom. The molecule has 2 fully saturated rings. The average Bonchev–Trinajstić information content (AvgIpc) is 2.48. The van der Waals surface area contributed by atoms with Crippen LogP contribution in [-0.2, 0) is 0 Å². The Labute approximate surface area is 61.5 Å². The molecule has 0 aliphatic carbocycles. The fourth-order valence-corrected chi connectivity index (χ4v) is 2.15. The van der Waals surface area contributed by atoms with Crippen LogP contribution < -0.4 is 11.2 Å². The van der Waals surface area contributed by atoms with E-state index in [0.29, 0.717) is 5.54 Å². The van der Waals surface area contributed by atoms with Crippen molar-refractivity contribution < 1.29 is 0 Å². The van der Waals surface area contributed by atoms with Gasteiger partial charge < -0.3 is 5.32 Å². The van der Waals surface area contributed by atoms with Gasteiger partial charge >= 0.3 is 0 Å². The van der Waals surface area contributed by atoms with Crippen LogP contribution in [0, 0.1) is 0 Å². The average molecular weight is 141 g/mol. The maximum Gasteiger partial charge on any atom is 0.0488 e. The number of nitrogens with one attached hydrogen (secondary N) is 1. The Morgan fingerprint density at radius 2 is 2.30 bits per heavy atom. The van der Waals surface area contributed by atoms with E-state index in [1.807, 2.05) is 5.01 Å². The molecular weight excluding hydrogens is 126 g/mol. The smallest absolute Gasteiger partial charge is 0.0488 e. The Morgan fingerprint density at radius 1 is 1.40 bits per heavy atom. The molecular formula is C7H15N3. The first-order valence-corrected chi connectivity index (χ1v) is 4.07. The maximum absolute atomic E-state index is 5.87. The lowest BCUT2D eigenvalue weighted by Gasteiger charge is -2.29. The summed E-state index contributed by atoms with van der Waals surface area (Å²) in [4.78, 5) is 0. The third kappa shape index (κ3) is 0.779. The van der Waals surface area contributed by atoms with Gasteiger partial charge in [0.2, 0.25) is 0 Å². The highest BCUT2D eigenvalue weighted by Gasteiger charge is 2.41. The molecule has 0 aromatic carbocycles. The highest BCUT2D eigenvalue weighted by atomic mass is 15.5. The first-order chi connectivity index (χ1) is 4.83. The maximum atomic E-state index is 5.87. The van der Waals surface area contributed by atoms with Crippen molar-refractivity contribution in [3.63, 3.8) is 0 Å². The highest BCUT2D eigenvalue weighted by molar-refractivity contribution is 4.99. The van der Waals surface area contributed by atoms with Gasteiger partial charge in [-0.1, -0.05) is 0 Å². The minimum absolute atomic E-state index is 0.347. The van der Waals surface area contributed by atoms with E-state index in [2.05, 4.69) is 5.32 Å². The van der Waals surface area contributed by atoms with Gasteiger partial charge in [0, 0.05) is 18.6 Å². The van der Waals surface area contributed by atoms with Crippen LogP contribution in [0.15, 0.2) is 0 Å². The molecule has 3 heteroatoms. The van der Waals surface area contributed by atoms with Crippen molar-refractivity contribution in [1.82, 2.24) is 10.3 Å². The zero-order chi connectivity index (χ0) is 7.03. The third-order valence-electron chi connectivity index (χ3n) is 2.87. The molecule has 3 nitrogen and oxygen atoms in total. The second-order valence-electron chi connectivity index (χ2n) is 3.45. The van der Waals surface area contributed by atoms with Crippen molar-refractivity contribution >= 4 is 0 Å². The molecule has 0 radical (unpaired) electrons. The highest BCUT2D eigenvalue weighted by Crippen LogP contribution is 2.31. The van der Waals surface area contributed by atoms with Gasteiger partial charge in [0.1, 0.15) is 0 Å². The van der Waals surface area contributed by atoms with Crippen molar-refractivity contribution in [3.05, 3.63) is 0 Å². The predicted octanol–water partition coefficient (Wildman–Crippen LogP) is -0.312. The standard InChI is InChI=1S/C7H15N3/c8-10-5-1-2-7(10)3-4-9-6-7/h9H,1-6,8H2. The third-order valence-corrected chi connectivity index (χ3v) is 2.87. The molecule has 2 rings (SSSR count). The van der Waals surface area contributed by atoms with Crippen LogP contribution in [0.1, 0.15) is 19.3 Å². The van der Waals surface area contributed by atoms with E-state index >= 15 is 0 Å². The molecule has 10 heavy (non-hydrogen) atoms. The summed E-state index contributed by atoms with van der Waals surface area (Å²) in [5.41, 5.74) is 0.347. The van der Waals surface area contributed by atoms with Crippen molar-refractivity contribution in [2.75, 3.05) is 19.6 Å². The number of nitrogens with two attached hydrogens (primary N) is 1. The van der Waals surface area contributed by atoms with Crippen LogP contribution in [0.5, 0.6) is 0 Å². The number of hydrogen-bond acceptors (Lipinski definition) is 3. The largest absolute Gasteiger partial charge is 0.315 e. The van der Waals surface area contributed by atoms with Gasteiger partial charge in [-0.25, -0.2) is 5.01 Å². The van der Waals surface area contributed by atoms with Gasteiger partial charge in [0.15, 0.2) is 0 Å². The summed E-state index contributed by atoms with van der Waals surface area (Å²) in [6, 6.07) is 0. The lowest BCUT2D eigenvalue weighted by Crippen LogP contribution is -2.49. The molecule has 2 aliphatic heterocycles. The molecule has 58 valence electrons. The summed E-state index contributed by atoms with van der Waals surface area (Å²) in [6.45, 7) is 3.33. The van der Waals surface area contributed by atoms with Gasteiger partial charge in [-0.05, 0) is 25.8 Å². The molecule has 3 N–H and O–H groups in total. The molecule has 1 spiro atoms. The second kappa shape index (κ2) is 2.19. The lowest BCUT2D eigenvalue weighted by atomic mass is 9.96. The zero-order valence-electron chi connectivity index (χ0n) is 6.27.